The summed E-state index contributed by atoms with van der Waals surface area (Å²) in [4.78, 5) is 0. The molecule has 2 aliphatic rings. The maximum absolute atomic E-state index is 12.7. The van der Waals surface area contributed by atoms with E-state index in [1.807, 2.05) is 5.01 Å². The van der Waals surface area contributed by atoms with Crippen molar-refractivity contribution in [3.05, 3.63) is 0 Å². The third-order valence-electron chi connectivity index (χ3n) is 3.97. The zero-order chi connectivity index (χ0) is 13.2. The van der Waals surface area contributed by atoms with Gasteiger partial charge in [-0.25, -0.2) is 0 Å². The Balaban J connectivity index is 1.95. The summed E-state index contributed by atoms with van der Waals surface area (Å²) in [7, 11) is 0. The minimum absolute atomic E-state index is 0.0193. The lowest BCUT2D eigenvalue weighted by atomic mass is 10.00. The van der Waals surface area contributed by atoms with Gasteiger partial charge >= 0.3 is 6.18 Å². The van der Waals surface area contributed by atoms with Crippen molar-refractivity contribution in [3.8, 4) is 0 Å². The van der Waals surface area contributed by atoms with E-state index in [1.165, 1.54) is 0 Å². The molecule has 2 rings (SSSR count). The van der Waals surface area contributed by atoms with Crippen LogP contribution in [0.1, 0.15) is 45.4 Å². The molecule has 1 aliphatic carbocycles. The molecule has 0 aromatic carbocycles. The van der Waals surface area contributed by atoms with Gasteiger partial charge in [0, 0.05) is 6.54 Å². The Bertz CT molecular complexity index is 303. The predicted molar refractivity (Wildman–Crippen MR) is 62.1 cm³/mol. The van der Waals surface area contributed by atoms with Gasteiger partial charge < -0.3 is 0 Å². The van der Waals surface area contributed by atoms with Crippen molar-refractivity contribution in [2.45, 2.75) is 63.7 Å². The third kappa shape index (κ3) is 2.95. The summed E-state index contributed by atoms with van der Waals surface area (Å²) >= 11 is 0. The van der Waals surface area contributed by atoms with E-state index in [0.717, 1.165) is 19.4 Å². The van der Waals surface area contributed by atoms with E-state index in [0.29, 0.717) is 12.8 Å². The summed E-state index contributed by atoms with van der Waals surface area (Å²) < 4.78 is 38.2. The number of unbranched alkanes of at least 4 members (excludes halogenated alkanes) is 1. The maximum atomic E-state index is 12.7. The SMILES string of the molecule is CCCCN1N=NC2CCC(C(F)(F)F)CCC21. The van der Waals surface area contributed by atoms with Gasteiger partial charge in [0.05, 0.1) is 18.0 Å². The van der Waals surface area contributed by atoms with Crippen LogP contribution >= 0.6 is 0 Å². The van der Waals surface area contributed by atoms with E-state index in [4.69, 9.17) is 0 Å². The molecule has 3 nitrogen and oxygen atoms in total. The summed E-state index contributed by atoms with van der Waals surface area (Å²) in [6.45, 7) is 2.91. The second-order valence-electron chi connectivity index (χ2n) is 5.25. The Morgan fingerprint density at radius 3 is 2.56 bits per heavy atom. The minimum Gasteiger partial charge on any atom is -0.274 e. The molecule has 0 amide bonds. The summed E-state index contributed by atoms with van der Waals surface area (Å²) in [6.07, 6.45) is -0.473. The standard InChI is InChI=1S/C12H20F3N3/c1-2-3-8-18-11-7-5-9(12(13,14)15)4-6-10(11)16-17-18/h9-11H,2-8H2,1H3. The topological polar surface area (TPSA) is 28.0 Å². The van der Waals surface area contributed by atoms with Crippen LogP contribution in [0.5, 0.6) is 0 Å². The Hall–Kier alpha value is -0.810. The average molecular weight is 263 g/mol. The van der Waals surface area contributed by atoms with Crippen LogP contribution in [0.2, 0.25) is 0 Å². The number of halogens is 3. The van der Waals surface area contributed by atoms with Crippen molar-refractivity contribution in [2.75, 3.05) is 6.54 Å². The van der Waals surface area contributed by atoms with Gasteiger partial charge in [0.1, 0.15) is 0 Å². The Morgan fingerprint density at radius 1 is 1.17 bits per heavy atom. The summed E-state index contributed by atoms with van der Waals surface area (Å²) in [5.41, 5.74) is 0. The van der Waals surface area contributed by atoms with Crippen LogP contribution in [0.15, 0.2) is 10.3 Å². The van der Waals surface area contributed by atoms with E-state index in [9.17, 15) is 13.2 Å². The first-order valence-corrected chi connectivity index (χ1v) is 6.76. The lowest BCUT2D eigenvalue weighted by Gasteiger charge is -2.24. The van der Waals surface area contributed by atoms with Crippen LogP contribution in [-0.2, 0) is 0 Å². The minimum atomic E-state index is -4.05. The number of alkyl halides is 3. The molecule has 1 heterocycles. The molecule has 0 saturated heterocycles. The van der Waals surface area contributed by atoms with Crippen LogP contribution in [-0.4, -0.2) is 29.8 Å². The lowest BCUT2D eigenvalue weighted by Crippen LogP contribution is -2.34. The van der Waals surface area contributed by atoms with Crippen molar-refractivity contribution in [3.63, 3.8) is 0 Å². The highest BCUT2D eigenvalue weighted by atomic mass is 19.4. The number of hydrogen-bond acceptors (Lipinski definition) is 3. The average Bonchev–Trinajstić information content (AvgIpc) is 2.55. The fourth-order valence-corrected chi connectivity index (χ4v) is 2.81. The molecule has 0 N–H and O–H groups in total. The van der Waals surface area contributed by atoms with E-state index in [1.54, 1.807) is 0 Å². The van der Waals surface area contributed by atoms with Crippen LogP contribution in [0.3, 0.4) is 0 Å². The molecule has 104 valence electrons. The lowest BCUT2D eigenvalue weighted by molar-refractivity contribution is -0.177. The van der Waals surface area contributed by atoms with E-state index in [2.05, 4.69) is 17.3 Å². The highest BCUT2D eigenvalue weighted by molar-refractivity contribution is 4.91. The zero-order valence-corrected chi connectivity index (χ0v) is 10.7. The van der Waals surface area contributed by atoms with Gasteiger partial charge in [0.15, 0.2) is 0 Å². The Morgan fingerprint density at radius 2 is 1.89 bits per heavy atom. The van der Waals surface area contributed by atoms with Gasteiger partial charge in [-0.2, -0.15) is 18.3 Å². The van der Waals surface area contributed by atoms with Gasteiger partial charge in [-0.15, -0.1) is 0 Å². The van der Waals surface area contributed by atoms with Gasteiger partial charge in [-0.05, 0) is 32.1 Å². The fourth-order valence-electron chi connectivity index (χ4n) is 2.81. The van der Waals surface area contributed by atoms with E-state index < -0.39 is 12.1 Å². The van der Waals surface area contributed by atoms with Crippen LogP contribution < -0.4 is 0 Å². The van der Waals surface area contributed by atoms with Gasteiger partial charge in [0.2, 0.25) is 0 Å². The maximum Gasteiger partial charge on any atom is 0.391 e. The highest BCUT2D eigenvalue weighted by Crippen LogP contribution is 2.39. The van der Waals surface area contributed by atoms with Crippen LogP contribution in [0, 0.1) is 5.92 Å². The molecule has 1 saturated carbocycles. The number of rotatable bonds is 3. The van der Waals surface area contributed by atoms with Crippen LogP contribution in [0.25, 0.3) is 0 Å². The predicted octanol–water partition coefficient (Wildman–Crippen LogP) is 3.96. The monoisotopic (exact) mass is 263 g/mol. The summed E-state index contributed by atoms with van der Waals surface area (Å²) in [5, 5.41) is 10.2. The first-order valence-electron chi connectivity index (χ1n) is 6.76. The van der Waals surface area contributed by atoms with Gasteiger partial charge in [0.25, 0.3) is 0 Å². The summed E-state index contributed by atoms with van der Waals surface area (Å²) in [6, 6.07) is 0.0816. The second kappa shape index (κ2) is 5.45. The molecule has 3 atom stereocenters. The molecule has 0 bridgehead atoms. The molecule has 1 aliphatic heterocycles. The highest BCUT2D eigenvalue weighted by Gasteiger charge is 2.44. The van der Waals surface area contributed by atoms with Crippen molar-refractivity contribution < 1.29 is 13.2 Å². The van der Waals surface area contributed by atoms with Crippen molar-refractivity contribution in [1.29, 1.82) is 0 Å². The fraction of sp³-hybridized carbons (Fsp3) is 1.00. The molecule has 0 radical (unpaired) electrons. The van der Waals surface area contributed by atoms with E-state index in [-0.39, 0.29) is 24.9 Å². The number of fused-ring (bicyclic) bond motifs is 1. The summed E-state index contributed by atoms with van der Waals surface area (Å²) in [5.74, 6) is -1.15. The Labute approximate surface area is 105 Å². The molecule has 0 spiro atoms. The quantitative estimate of drug-likeness (QED) is 0.757. The first kappa shape index (κ1) is 13.6. The molecule has 0 aromatic heterocycles. The van der Waals surface area contributed by atoms with Crippen molar-refractivity contribution >= 4 is 0 Å². The molecule has 6 heteroatoms. The molecular formula is C12H20F3N3. The molecule has 3 unspecified atom stereocenters. The molecular weight excluding hydrogens is 243 g/mol. The zero-order valence-electron chi connectivity index (χ0n) is 10.7. The normalized spacial score (nSPS) is 32.4. The van der Waals surface area contributed by atoms with E-state index >= 15 is 0 Å². The number of nitrogens with zero attached hydrogens (tertiary/aromatic N) is 3. The smallest absolute Gasteiger partial charge is 0.274 e. The number of hydrogen-bond donors (Lipinski definition) is 0. The van der Waals surface area contributed by atoms with Crippen molar-refractivity contribution in [1.82, 2.24) is 5.01 Å². The molecule has 18 heavy (non-hydrogen) atoms. The van der Waals surface area contributed by atoms with Gasteiger partial charge in [-0.3, -0.25) is 5.01 Å². The largest absolute Gasteiger partial charge is 0.391 e. The van der Waals surface area contributed by atoms with Gasteiger partial charge in [-0.1, -0.05) is 18.6 Å². The van der Waals surface area contributed by atoms with Crippen molar-refractivity contribution in [2.24, 2.45) is 16.3 Å². The third-order valence-corrected chi connectivity index (χ3v) is 3.97. The second-order valence-corrected chi connectivity index (χ2v) is 5.25. The van der Waals surface area contributed by atoms with Crippen LogP contribution in [0.4, 0.5) is 13.2 Å². The molecule has 0 aromatic rings. The molecule has 1 fully saturated rings. The first-order chi connectivity index (χ1) is 8.52. The Kier molecular flexibility index (Phi) is 4.12.